The molecule has 0 spiro atoms. The monoisotopic (exact) mass is 472 g/mol. The van der Waals surface area contributed by atoms with Crippen LogP contribution >= 0.6 is 0 Å². The van der Waals surface area contributed by atoms with Gasteiger partial charge in [-0.15, -0.1) is 0 Å². The number of oxazole rings is 1. The van der Waals surface area contributed by atoms with Gasteiger partial charge < -0.3 is 14.2 Å². The summed E-state index contributed by atoms with van der Waals surface area (Å²) in [5.74, 6) is 0.533. The van der Waals surface area contributed by atoms with Crippen molar-refractivity contribution >= 4 is 11.9 Å². The molecule has 2 aliphatic heterocycles. The number of carbonyl (C=O) groups is 1. The Bertz CT molecular complexity index is 1400. The van der Waals surface area contributed by atoms with Gasteiger partial charge in [-0.1, -0.05) is 23.8 Å². The van der Waals surface area contributed by atoms with E-state index in [0.717, 1.165) is 18.5 Å². The van der Waals surface area contributed by atoms with Crippen LogP contribution in [0.2, 0.25) is 0 Å². The minimum Gasteiger partial charge on any atom is -0.423 e. The molecule has 4 heterocycles. The summed E-state index contributed by atoms with van der Waals surface area (Å²) < 4.78 is 20.4. The lowest BCUT2D eigenvalue weighted by atomic mass is 9.82. The van der Waals surface area contributed by atoms with E-state index < -0.39 is 0 Å². The number of carbonyl (C=O) groups excluding carboxylic acids is 1. The fourth-order valence-electron chi connectivity index (χ4n) is 5.11. The van der Waals surface area contributed by atoms with Crippen LogP contribution in [0.1, 0.15) is 28.0 Å². The third-order valence-electron chi connectivity index (χ3n) is 7.01. The number of fused-ring (bicyclic) bond motifs is 1. The molecule has 0 aliphatic carbocycles. The number of aryl methyl sites for hydroxylation is 2. The van der Waals surface area contributed by atoms with Crippen molar-refractivity contribution in [3.8, 4) is 17.0 Å². The molecular formula is C26H25FN6O2. The second-order valence-electron chi connectivity index (χ2n) is 9.25. The number of nitrogens with zero attached hydrogens (tertiary/aromatic N) is 6. The SMILES string of the molecule is Cc1ccc(-n2nccn2)c(C(=O)N2CC[C@H]3CN(c4nc(C)c(-c5ccccc5F)o4)[C@H]3C2)c1. The minimum atomic E-state index is -0.338. The van der Waals surface area contributed by atoms with Gasteiger partial charge in [-0.25, -0.2) is 4.39 Å². The zero-order chi connectivity index (χ0) is 24.1. The van der Waals surface area contributed by atoms with Crippen LogP contribution in [-0.2, 0) is 0 Å². The molecule has 2 aromatic carbocycles. The van der Waals surface area contributed by atoms with Crippen LogP contribution in [0, 0.1) is 25.6 Å². The second kappa shape index (κ2) is 8.33. The van der Waals surface area contributed by atoms with E-state index in [1.54, 1.807) is 30.6 Å². The number of halogens is 1. The fourth-order valence-corrected chi connectivity index (χ4v) is 5.11. The molecule has 0 N–H and O–H groups in total. The number of likely N-dealkylation sites (tertiary alicyclic amines) is 1. The van der Waals surface area contributed by atoms with Crippen molar-refractivity contribution in [2.24, 2.45) is 5.92 Å². The van der Waals surface area contributed by atoms with E-state index in [9.17, 15) is 9.18 Å². The van der Waals surface area contributed by atoms with Crippen molar-refractivity contribution < 1.29 is 13.6 Å². The Kier molecular flexibility index (Phi) is 5.12. The maximum Gasteiger partial charge on any atom is 0.298 e. The largest absolute Gasteiger partial charge is 0.423 e. The summed E-state index contributed by atoms with van der Waals surface area (Å²) in [5.41, 5.74) is 3.30. The van der Waals surface area contributed by atoms with Gasteiger partial charge >= 0.3 is 0 Å². The van der Waals surface area contributed by atoms with Gasteiger partial charge in [0.15, 0.2) is 5.76 Å². The predicted octanol–water partition coefficient (Wildman–Crippen LogP) is 4.03. The van der Waals surface area contributed by atoms with Crippen molar-refractivity contribution in [1.82, 2.24) is 24.9 Å². The van der Waals surface area contributed by atoms with Gasteiger partial charge in [-0.2, -0.15) is 20.0 Å². The average Bonchev–Trinajstić information content (AvgIpc) is 3.50. The molecule has 2 aliphatic rings. The Balaban J connectivity index is 1.25. The first kappa shape index (κ1) is 21.5. The maximum atomic E-state index is 14.3. The lowest BCUT2D eigenvalue weighted by Gasteiger charge is -2.52. The van der Waals surface area contributed by atoms with Crippen LogP contribution in [0.4, 0.5) is 10.4 Å². The Labute approximate surface area is 202 Å². The normalized spacial score (nSPS) is 19.4. The highest BCUT2D eigenvalue weighted by atomic mass is 19.1. The Morgan fingerprint density at radius 1 is 1.09 bits per heavy atom. The summed E-state index contributed by atoms with van der Waals surface area (Å²) in [6.45, 7) is 5.87. The second-order valence-corrected chi connectivity index (χ2v) is 9.25. The molecule has 6 rings (SSSR count). The van der Waals surface area contributed by atoms with Crippen molar-refractivity contribution in [3.05, 3.63) is 77.5 Å². The number of aromatic nitrogens is 4. The third kappa shape index (κ3) is 3.67. The highest BCUT2D eigenvalue weighted by molar-refractivity contribution is 5.98. The first-order valence-corrected chi connectivity index (χ1v) is 11.7. The van der Waals surface area contributed by atoms with Crippen LogP contribution in [0.3, 0.4) is 0 Å². The van der Waals surface area contributed by atoms with E-state index in [1.165, 1.54) is 10.9 Å². The van der Waals surface area contributed by atoms with Crippen LogP contribution < -0.4 is 4.90 Å². The van der Waals surface area contributed by atoms with Crippen molar-refractivity contribution in [2.45, 2.75) is 26.3 Å². The molecule has 0 saturated carbocycles. The lowest BCUT2D eigenvalue weighted by molar-refractivity contribution is 0.0582. The first-order chi connectivity index (χ1) is 17.0. The number of amides is 1. The summed E-state index contributed by atoms with van der Waals surface area (Å²) in [5, 5.41) is 8.43. The van der Waals surface area contributed by atoms with E-state index in [0.29, 0.717) is 53.3 Å². The molecule has 2 saturated heterocycles. The topological polar surface area (TPSA) is 80.3 Å². The van der Waals surface area contributed by atoms with E-state index in [1.807, 2.05) is 36.9 Å². The summed E-state index contributed by atoms with van der Waals surface area (Å²) >= 11 is 0. The maximum absolute atomic E-state index is 14.3. The Morgan fingerprint density at radius 3 is 2.69 bits per heavy atom. The molecule has 2 atom stereocenters. The molecule has 1 amide bonds. The predicted molar refractivity (Wildman–Crippen MR) is 128 cm³/mol. The molecule has 4 aromatic rings. The summed E-state index contributed by atoms with van der Waals surface area (Å²) in [7, 11) is 0. The third-order valence-corrected chi connectivity index (χ3v) is 7.01. The number of hydrogen-bond acceptors (Lipinski definition) is 6. The molecule has 2 fully saturated rings. The minimum absolute atomic E-state index is 0.0399. The van der Waals surface area contributed by atoms with Gasteiger partial charge in [0.1, 0.15) is 5.82 Å². The van der Waals surface area contributed by atoms with Crippen LogP contribution in [-0.4, -0.2) is 56.5 Å². The Morgan fingerprint density at radius 2 is 1.89 bits per heavy atom. The summed E-state index contributed by atoms with van der Waals surface area (Å²) in [6.07, 6.45) is 4.10. The van der Waals surface area contributed by atoms with Gasteiger partial charge in [0.2, 0.25) is 0 Å². The molecule has 0 radical (unpaired) electrons. The standard InChI is InChI=1S/C26H25FN6O2/c1-16-7-8-22(33-28-10-11-29-33)20(13-16)25(34)31-12-9-18-14-32(23(18)15-31)26-30-17(2)24(35-26)19-5-3-4-6-21(19)27/h3-8,10-11,13,18,23H,9,12,14-15H2,1-2H3/t18-,23-/m0/s1. The lowest BCUT2D eigenvalue weighted by Crippen LogP contribution is -2.65. The summed E-state index contributed by atoms with van der Waals surface area (Å²) in [6, 6.07) is 12.9. The van der Waals surface area contributed by atoms with Crippen molar-refractivity contribution in [1.29, 1.82) is 0 Å². The Hall–Kier alpha value is -4.01. The van der Waals surface area contributed by atoms with Crippen LogP contribution in [0.15, 0.2) is 59.3 Å². The fraction of sp³-hybridized carbons (Fsp3) is 0.308. The van der Waals surface area contributed by atoms with E-state index >= 15 is 0 Å². The number of piperidine rings is 1. The smallest absolute Gasteiger partial charge is 0.298 e. The van der Waals surface area contributed by atoms with Gasteiger partial charge in [-0.3, -0.25) is 4.79 Å². The van der Waals surface area contributed by atoms with Gasteiger partial charge in [0, 0.05) is 25.6 Å². The van der Waals surface area contributed by atoms with E-state index in [-0.39, 0.29) is 17.8 Å². The molecular weight excluding hydrogens is 447 g/mol. The zero-order valence-electron chi connectivity index (χ0n) is 19.6. The van der Waals surface area contributed by atoms with Crippen molar-refractivity contribution in [2.75, 3.05) is 24.5 Å². The quantitative estimate of drug-likeness (QED) is 0.446. The first-order valence-electron chi connectivity index (χ1n) is 11.7. The number of hydrogen-bond donors (Lipinski definition) is 0. The van der Waals surface area contributed by atoms with E-state index in [2.05, 4.69) is 20.1 Å². The highest BCUT2D eigenvalue weighted by Crippen LogP contribution is 2.39. The zero-order valence-corrected chi connectivity index (χ0v) is 19.6. The summed E-state index contributed by atoms with van der Waals surface area (Å²) in [4.78, 5) is 23.7. The number of rotatable bonds is 4. The van der Waals surface area contributed by atoms with Crippen molar-refractivity contribution in [3.63, 3.8) is 0 Å². The van der Waals surface area contributed by atoms with Crippen LogP contribution in [0.5, 0.6) is 0 Å². The molecule has 35 heavy (non-hydrogen) atoms. The number of benzene rings is 2. The molecule has 0 bridgehead atoms. The van der Waals surface area contributed by atoms with E-state index in [4.69, 9.17) is 4.42 Å². The highest BCUT2D eigenvalue weighted by Gasteiger charge is 2.46. The average molecular weight is 473 g/mol. The van der Waals surface area contributed by atoms with Gasteiger partial charge in [0.25, 0.3) is 11.9 Å². The molecule has 8 nitrogen and oxygen atoms in total. The van der Waals surface area contributed by atoms with Gasteiger partial charge in [0.05, 0.1) is 40.9 Å². The molecule has 2 aromatic heterocycles. The number of anilines is 1. The van der Waals surface area contributed by atoms with Crippen LogP contribution in [0.25, 0.3) is 17.0 Å². The molecule has 9 heteroatoms. The molecule has 178 valence electrons. The van der Waals surface area contributed by atoms with Gasteiger partial charge in [-0.05, 0) is 44.5 Å². The molecule has 0 unspecified atom stereocenters.